The van der Waals surface area contributed by atoms with Gasteiger partial charge in [0.05, 0.1) is 5.69 Å². The number of hydrogen-bond donors (Lipinski definition) is 0. The molecule has 1 aliphatic rings. The molecule has 0 aliphatic carbocycles. The molecule has 4 heteroatoms. The lowest BCUT2D eigenvalue weighted by atomic mass is 10.2. The zero-order valence-electron chi connectivity index (χ0n) is 6.43. The molecule has 1 aromatic rings. The first-order valence-corrected chi connectivity index (χ1v) is 4.62. The number of nitrogens with zero attached hydrogens (tertiary/aromatic N) is 2. The van der Waals surface area contributed by atoms with Crippen molar-refractivity contribution in [2.45, 2.75) is 6.42 Å². The summed E-state index contributed by atoms with van der Waals surface area (Å²) in [6, 6.07) is 1.77. The molecular weight excluding hydrogens is 223 g/mol. The van der Waals surface area contributed by atoms with Crippen molar-refractivity contribution in [1.82, 2.24) is 4.98 Å². The zero-order valence-corrected chi connectivity index (χ0v) is 8.01. The summed E-state index contributed by atoms with van der Waals surface area (Å²) in [5.41, 5.74) is 0.607. The Morgan fingerprint density at radius 1 is 1.50 bits per heavy atom. The molecule has 0 aromatic carbocycles. The molecule has 1 saturated heterocycles. The van der Waals surface area contributed by atoms with E-state index in [4.69, 9.17) is 0 Å². The van der Waals surface area contributed by atoms with E-state index < -0.39 is 0 Å². The minimum Gasteiger partial charge on any atom is -0.368 e. The Kier molecular flexibility index (Phi) is 2.00. The van der Waals surface area contributed by atoms with Gasteiger partial charge in [0.15, 0.2) is 0 Å². The zero-order chi connectivity index (χ0) is 8.55. The van der Waals surface area contributed by atoms with E-state index in [9.17, 15) is 4.39 Å². The summed E-state index contributed by atoms with van der Waals surface area (Å²) in [4.78, 5) is 5.61. The fourth-order valence-corrected chi connectivity index (χ4v) is 1.51. The maximum atomic E-state index is 13.1. The lowest BCUT2D eigenvalue weighted by Gasteiger charge is -2.32. The van der Waals surface area contributed by atoms with Crippen LogP contribution in [0, 0.1) is 5.95 Å². The Labute approximate surface area is 78.5 Å². The van der Waals surface area contributed by atoms with Crippen LogP contribution in [0.1, 0.15) is 6.42 Å². The average molecular weight is 231 g/mol. The first kappa shape index (κ1) is 7.98. The fraction of sp³-hybridized carbons (Fsp3) is 0.375. The van der Waals surface area contributed by atoms with Gasteiger partial charge in [-0.05, 0) is 28.4 Å². The summed E-state index contributed by atoms with van der Waals surface area (Å²) in [5, 5.41) is 0. The van der Waals surface area contributed by atoms with E-state index in [1.807, 2.05) is 4.90 Å². The Balaban J connectivity index is 2.34. The lowest BCUT2D eigenvalue weighted by molar-refractivity contribution is 0.547. The van der Waals surface area contributed by atoms with Crippen molar-refractivity contribution < 1.29 is 4.39 Å². The van der Waals surface area contributed by atoms with Gasteiger partial charge in [0, 0.05) is 23.8 Å². The Morgan fingerprint density at radius 2 is 2.25 bits per heavy atom. The van der Waals surface area contributed by atoms with E-state index in [2.05, 4.69) is 20.9 Å². The van der Waals surface area contributed by atoms with Crippen molar-refractivity contribution in [3.05, 3.63) is 22.7 Å². The van der Waals surface area contributed by atoms with E-state index in [1.165, 1.54) is 6.20 Å². The third-order valence-corrected chi connectivity index (χ3v) is 2.42. The molecule has 0 atom stereocenters. The molecule has 2 heterocycles. The van der Waals surface area contributed by atoms with E-state index in [1.54, 1.807) is 6.07 Å². The number of aromatic nitrogens is 1. The molecule has 2 rings (SSSR count). The molecule has 0 radical (unpaired) electrons. The van der Waals surface area contributed by atoms with Gasteiger partial charge in [-0.15, -0.1) is 0 Å². The highest BCUT2D eigenvalue weighted by atomic mass is 79.9. The standard InChI is InChI=1S/C8H8BrFN2/c9-6-4-7(8(10)11-5-6)12-2-1-3-12/h4-5H,1-3H2. The smallest absolute Gasteiger partial charge is 0.236 e. The SMILES string of the molecule is Fc1ncc(Br)cc1N1CCC1. The predicted molar refractivity (Wildman–Crippen MR) is 48.7 cm³/mol. The van der Waals surface area contributed by atoms with E-state index in [-0.39, 0.29) is 5.95 Å². The van der Waals surface area contributed by atoms with Crippen LogP contribution in [0.3, 0.4) is 0 Å². The summed E-state index contributed by atoms with van der Waals surface area (Å²) in [6.07, 6.45) is 2.62. The Hall–Kier alpha value is -0.640. The maximum Gasteiger partial charge on any atom is 0.236 e. The normalized spacial score (nSPS) is 16.0. The molecule has 0 spiro atoms. The highest BCUT2D eigenvalue weighted by Gasteiger charge is 2.18. The minimum absolute atomic E-state index is 0.377. The van der Waals surface area contributed by atoms with Gasteiger partial charge in [-0.2, -0.15) is 4.39 Å². The van der Waals surface area contributed by atoms with Gasteiger partial charge in [0.25, 0.3) is 0 Å². The third kappa shape index (κ3) is 1.31. The first-order valence-electron chi connectivity index (χ1n) is 3.83. The van der Waals surface area contributed by atoms with Crippen molar-refractivity contribution >= 4 is 21.6 Å². The van der Waals surface area contributed by atoms with Crippen LogP contribution in [0.5, 0.6) is 0 Å². The van der Waals surface area contributed by atoms with Crippen molar-refractivity contribution in [2.75, 3.05) is 18.0 Å². The molecule has 1 fully saturated rings. The second-order valence-electron chi connectivity index (χ2n) is 2.80. The van der Waals surface area contributed by atoms with Gasteiger partial charge in [0.1, 0.15) is 0 Å². The summed E-state index contributed by atoms with van der Waals surface area (Å²) in [6.45, 7) is 1.88. The molecule has 0 bridgehead atoms. The van der Waals surface area contributed by atoms with Crippen LogP contribution in [-0.4, -0.2) is 18.1 Å². The van der Waals surface area contributed by atoms with Gasteiger partial charge in [-0.1, -0.05) is 0 Å². The Morgan fingerprint density at radius 3 is 2.83 bits per heavy atom. The minimum atomic E-state index is -0.377. The summed E-state index contributed by atoms with van der Waals surface area (Å²) < 4.78 is 13.9. The molecule has 2 nitrogen and oxygen atoms in total. The predicted octanol–water partition coefficient (Wildman–Crippen LogP) is 2.19. The summed E-state index contributed by atoms with van der Waals surface area (Å²) in [7, 11) is 0. The topological polar surface area (TPSA) is 16.1 Å². The fourth-order valence-electron chi connectivity index (χ4n) is 1.19. The highest BCUT2D eigenvalue weighted by Crippen LogP contribution is 2.25. The number of anilines is 1. The van der Waals surface area contributed by atoms with Crippen LogP contribution in [-0.2, 0) is 0 Å². The molecule has 0 N–H and O–H groups in total. The monoisotopic (exact) mass is 230 g/mol. The number of halogens is 2. The molecule has 0 unspecified atom stereocenters. The van der Waals surface area contributed by atoms with Crippen molar-refractivity contribution in [1.29, 1.82) is 0 Å². The quantitative estimate of drug-likeness (QED) is 0.688. The van der Waals surface area contributed by atoms with Crippen LogP contribution in [0.25, 0.3) is 0 Å². The number of hydrogen-bond acceptors (Lipinski definition) is 2. The van der Waals surface area contributed by atoms with Gasteiger partial charge in [-0.3, -0.25) is 0 Å². The third-order valence-electron chi connectivity index (χ3n) is 1.98. The Bertz CT molecular complexity index is 299. The first-order chi connectivity index (χ1) is 5.77. The molecule has 1 aliphatic heterocycles. The van der Waals surface area contributed by atoms with Crippen LogP contribution >= 0.6 is 15.9 Å². The molecule has 0 saturated carbocycles. The largest absolute Gasteiger partial charge is 0.368 e. The van der Waals surface area contributed by atoms with Gasteiger partial charge in [-0.25, -0.2) is 4.98 Å². The van der Waals surface area contributed by atoms with Crippen LogP contribution in [0.15, 0.2) is 16.7 Å². The number of pyridine rings is 1. The van der Waals surface area contributed by atoms with Crippen molar-refractivity contribution in [3.8, 4) is 0 Å². The maximum absolute atomic E-state index is 13.1. The molecule has 0 amide bonds. The lowest BCUT2D eigenvalue weighted by Crippen LogP contribution is -2.37. The van der Waals surface area contributed by atoms with E-state index in [0.29, 0.717) is 5.69 Å². The van der Waals surface area contributed by atoms with E-state index >= 15 is 0 Å². The van der Waals surface area contributed by atoms with Crippen molar-refractivity contribution in [2.24, 2.45) is 0 Å². The van der Waals surface area contributed by atoms with Crippen LogP contribution < -0.4 is 4.90 Å². The van der Waals surface area contributed by atoms with Crippen LogP contribution in [0.2, 0.25) is 0 Å². The molecule has 64 valence electrons. The molecule has 1 aromatic heterocycles. The van der Waals surface area contributed by atoms with Gasteiger partial charge < -0.3 is 4.90 Å². The van der Waals surface area contributed by atoms with Gasteiger partial charge >= 0.3 is 0 Å². The second kappa shape index (κ2) is 3.01. The van der Waals surface area contributed by atoms with Crippen LogP contribution in [0.4, 0.5) is 10.1 Å². The summed E-state index contributed by atoms with van der Waals surface area (Å²) in [5.74, 6) is -0.377. The molecule has 12 heavy (non-hydrogen) atoms. The van der Waals surface area contributed by atoms with E-state index in [0.717, 1.165) is 24.0 Å². The molecular formula is C8H8BrFN2. The highest BCUT2D eigenvalue weighted by molar-refractivity contribution is 9.10. The van der Waals surface area contributed by atoms with Crippen molar-refractivity contribution in [3.63, 3.8) is 0 Å². The summed E-state index contributed by atoms with van der Waals surface area (Å²) >= 11 is 3.26. The average Bonchev–Trinajstić information content (AvgIpc) is 1.93. The number of rotatable bonds is 1. The second-order valence-corrected chi connectivity index (χ2v) is 3.72. The van der Waals surface area contributed by atoms with Gasteiger partial charge in [0.2, 0.25) is 5.95 Å².